The van der Waals surface area contributed by atoms with Gasteiger partial charge in [0.1, 0.15) is 5.25 Å². The molecule has 1 atom stereocenters. The number of aryl methyl sites for hydroxylation is 1. The van der Waals surface area contributed by atoms with Crippen LogP contribution >= 0.6 is 11.8 Å². The Labute approximate surface area is 131 Å². The highest BCUT2D eigenvalue weighted by molar-refractivity contribution is 8.00. The van der Waals surface area contributed by atoms with Gasteiger partial charge in [-0.2, -0.15) is 0 Å². The van der Waals surface area contributed by atoms with Gasteiger partial charge in [-0.15, -0.1) is 11.8 Å². The topological polar surface area (TPSA) is 23.6 Å². The lowest BCUT2D eigenvalue weighted by molar-refractivity contribution is -0.132. The zero-order valence-corrected chi connectivity index (χ0v) is 13.7. The minimum absolute atomic E-state index is 0.0193. The summed E-state index contributed by atoms with van der Waals surface area (Å²) in [6.45, 7) is 1.81. The lowest BCUT2D eigenvalue weighted by Gasteiger charge is -2.37. The molecule has 0 aromatic heterocycles. The highest BCUT2D eigenvalue weighted by atomic mass is 32.2. The molecule has 0 spiro atoms. The fraction of sp³-hybridized carbons (Fsp3) is 0.588. The lowest BCUT2D eigenvalue weighted by atomic mass is 9.99. The van der Waals surface area contributed by atoms with Crippen LogP contribution in [-0.2, 0) is 11.2 Å². The Hall–Kier alpha value is -1.00. The second-order valence-corrected chi connectivity index (χ2v) is 7.43. The number of rotatable bonds is 2. The molecule has 0 radical (unpaired) electrons. The molecule has 1 amide bonds. The van der Waals surface area contributed by atoms with Crippen LogP contribution in [0.25, 0.3) is 0 Å². The van der Waals surface area contributed by atoms with Gasteiger partial charge in [-0.3, -0.25) is 4.79 Å². The summed E-state index contributed by atoms with van der Waals surface area (Å²) >= 11 is 1.81. The number of carbonyl (C=O) groups is 1. The Morgan fingerprint density at radius 1 is 1.24 bits per heavy atom. The van der Waals surface area contributed by atoms with Gasteiger partial charge in [-0.05, 0) is 50.2 Å². The van der Waals surface area contributed by atoms with Crippen LogP contribution in [-0.4, -0.2) is 54.7 Å². The van der Waals surface area contributed by atoms with Gasteiger partial charge >= 0.3 is 0 Å². The molecule has 1 aromatic carbocycles. The molecule has 3 rings (SSSR count). The molecular weight excluding hydrogens is 280 g/mol. The molecule has 0 saturated carbocycles. The minimum atomic E-state index is 0.0193. The molecule has 1 aromatic rings. The van der Waals surface area contributed by atoms with Gasteiger partial charge in [-0.1, -0.05) is 24.3 Å². The predicted molar refractivity (Wildman–Crippen MR) is 88.6 cm³/mol. The molecule has 2 heterocycles. The maximum Gasteiger partial charge on any atom is 0.240 e. The highest BCUT2D eigenvalue weighted by Gasteiger charge is 2.32. The third-order valence-electron chi connectivity index (χ3n) is 4.72. The van der Waals surface area contributed by atoms with E-state index >= 15 is 0 Å². The molecule has 4 heteroatoms. The van der Waals surface area contributed by atoms with Crippen molar-refractivity contribution >= 4 is 17.7 Å². The molecule has 2 aliphatic rings. The first-order chi connectivity index (χ1) is 10.2. The Bertz CT molecular complexity index is 509. The molecule has 21 heavy (non-hydrogen) atoms. The van der Waals surface area contributed by atoms with Crippen molar-refractivity contribution in [3.63, 3.8) is 0 Å². The summed E-state index contributed by atoms with van der Waals surface area (Å²) in [4.78, 5) is 17.3. The summed E-state index contributed by atoms with van der Waals surface area (Å²) in [6.07, 6.45) is 3.28. The molecule has 2 aliphatic heterocycles. The van der Waals surface area contributed by atoms with Crippen molar-refractivity contribution in [3.8, 4) is 0 Å². The van der Waals surface area contributed by atoms with Gasteiger partial charge in [-0.25, -0.2) is 0 Å². The normalized spacial score (nSPS) is 23.2. The number of hydrogen-bond donors (Lipinski definition) is 0. The van der Waals surface area contributed by atoms with Crippen molar-refractivity contribution in [2.45, 2.75) is 30.6 Å². The Morgan fingerprint density at radius 3 is 2.67 bits per heavy atom. The molecule has 1 fully saturated rings. The summed E-state index contributed by atoms with van der Waals surface area (Å²) < 4.78 is 0. The van der Waals surface area contributed by atoms with Crippen molar-refractivity contribution < 1.29 is 4.79 Å². The van der Waals surface area contributed by atoms with Crippen LogP contribution in [0.2, 0.25) is 0 Å². The van der Waals surface area contributed by atoms with Crippen LogP contribution in [0.5, 0.6) is 0 Å². The zero-order chi connectivity index (χ0) is 14.8. The van der Waals surface area contributed by atoms with Gasteiger partial charge in [0.15, 0.2) is 0 Å². The molecule has 114 valence electrons. The van der Waals surface area contributed by atoms with Gasteiger partial charge in [0.25, 0.3) is 0 Å². The van der Waals surface area contributed by atoms with Crippen LogP contribution < -0.4 is 0 Å². The van der Waals surface area contributed by atoms with Crippen LogP contribution in [0, 0.1) is 0 Å². The maximum atomic E-state index is 12.9. The molecule has 0 bridgehead atoms. The first-order valence-corrected chi connectivity index (χ1v) is 8.86. The van der Waals surface area contributed by atoms with E-state index in [-0.39, 0.29) is 5.25 Å². The van der Waals surface area contributed by atoms with E-state index in [9.17, 15) is 4.79 Å². The number of hydrogen-bond acceptors (Lipinski definition) is 3. The number of carbonyl (C=O) groups excluding carboxylic acids is 1. The minimum Gasteiger partial charge on any atom is -0.341 e. The van der Waals surface area contributed by atoms with Crippen LogP contribution in [0.4, 0.5) is 0 Å². The number of thioether (sulfide) groups is 1. The zero-order valence-electron chi connectivity index (χ0n) is 12.9. The van der Waals surface area contributed by atoms with Crippen molar-refractivity contribution in [1.29, 1.82) is 0 Å². The Kier molecular flexibility index (Phi) is 4.55. The third kappa shape index (κ3) is 3.11. The van der Waals surface area contributed by atoms with Crippen molar-refractivity contribution in [2.75, 3.05) is 32.9 Å². The predicted octanol–water partition coefficient (Wildman–Crippen LogP) is 2.57. The second kappa shape index (κ2) is 6.41. The molecule has 3 nitrogen and oxygen atoms in total. The third-order valence-corrected chi connectivity index (χ3v) is 5.95. The summed E-state index contributed by atoms with van der Waals surface area (Å²) in [5, 5.41) is 0.0193. The first kappa shape index (κ1) is 14.9. The fourth-order valence-electron chi connectivity index (χ4n) is 3.37. The first-order valence-electron chi connectivity index (χ1n) is 7.81. The van der Waals surface area contributed by atoms with E-state index in [0.717, 1.165) is 38.1 Å². The Morgan fingerprint density at radius 2 is 1.95 bits per heavy atom. The number of piperidine rings is 1. The molecule has 0 aliphatic carbocycles. The second-order valence-electron chi connectivity index (χ2n) is 6.22. The smallest absolute Gasteiger partial charge is 0.240 e. The van der Waals surface area contributed by atoms with Crippen molar-refractivity contribution in [3.05, 3.63) is 35.4 Å². The quantitative estimate of drug-likeness (QED) is 0.839. The molecule has 0 unspecified atom stereocenters. The highest BCUT2D eigenvalue weighted by Crippen LogP contribution is 2.38. The van der Waals surface area contributed by atoms with E-state index in [1.54, 1.807) is 0 Å². The van der Waals surface area contributed by atoms with Gasteiger partial charge < -0.3 is 9.80 Å². The number of benzene rings is 1. The van der Waals surface area contributed by atoms with Gasteiger partial charge in [0, 0.05) is 19.1 Å². The van der Waals surface area contributed by atoms with E-state index in [2.05, 4.69) is 48.2 Å². The van der Waals surface area contributed by atoms with Gasteiger partial charge in [0.2, 0.25) is 5.91 Å². The molecule has 0 N–H and O–H groups in total. The number of likely N-dealkylation sites (tertiary alicyclic amines) is 1. The number of amides is 1. The monoisotopic (exact) mass is 304 g/mol. The average Bonchev–Trinajstić information content (AvgIpc) is 2.53. The maximum absolute atomic E-state index is 12.9. The largest absolute Gasteiger partial charge is 0.341 e. The summed E-state index contributed by atoms with van der Waals surface area (Å²) in [7, 11) is 4.27. The molecule has 1 saturated heterocycles. The van der Waals surface area contributed by atoms with E-state index in [1.807, 2.05) is 11.8 Å². The van der Waals surface area contributed by atoms with E-state index < -0.39 is 0 Å². The summed E-state index contributed by atoms with van der Waals surface area (Å²) in [6, 6.07) is 9.08. The standard InChI is InChI=1S/C17H24N2OS/c1-18(2)14-7-10-19(11-8-14)17(20)16-15-6-4-3-5-13(15)9-12-21-16/h3-6,14,16H,7-12H2,1-2H3/t16-/m0/s1. The average molecular weight is 304 g/mol. The lowest BCUT2D eigenvalue weighted by Crippen LogP contribution is -2.46. The fourth-order valence-corrected chi connectivity index (χ4v) is 4.64. The molecular formula is C17H24N2OS. The Balaban J connectivity index is 1.70. The number of fused-ring (bicyclic) bond motifs is 1. The van der Waals surface area contributed by atoms with E-state index in [0.29, 0.717) is 11.9 Å². The summed E-state index contributed by atoms with van der Waals surface area (Å²) in [5.74, 6) is 1.38. The van der Waals surface area contributed by atoms with Crippen LogP contribution in [0.1, 0.15) is 29.2 Å². The van der Waals surface area contributed by atoms with E-state index in [1.165, 1.54) is 11.1 Å². The van der Waals surface area contributed by atoms with Crippen LogP contribution in [0.3, 0.4) is 0 Å². The SMILES string of the molecule is CN(C)C1CCN(C(=O)[C@H]2SCCc3ccccc32)CC1. The van der Waals surface area contributed by atoms with E-state index in [4.69, 9.17) is 0 Å². The van der Waals surface area contributed by atoms with Crippen molar-refractivity contribution in [1.82, 2.24) is 9.80 Å². The summed E-state index contributed by atoms with van der Waals surface area (Å²) in [5.41, 5.74) is 2.60. The van der Waals surface area contributed by atoms with Crippen LogP contribution in [0.15, 0.2) is 24.3 Å². The van der Waals surface area contributed by atoms with Crippen molar-refractivity contribution in [2.24, 2.45) is 0 Å². The number of nitrogens with zero attached hydrogens (tertiary/aromatic N) is 2. The van der Waals surface area contributed by atoms with Gasteiger partial charge in [0.05, 0.1) is 0 Å².